The number of pyridine rings is 1. The number of amides is 1. The van der Waals surface area contributed by atoms with Crippen LogP contribution in [0.4, 0.5) is 5.69 Å². The zero-order valence-electron chi connectivity index (χ0n) is 13.9. The first-order valence-corrected chi connectivity index (χ1v) is 8.31. The molecule has 0 radical (unpaired) electrons. The monoisotopic (exact) mass is 338 g/mol. The number of para-hydroxylation sites is 1. The fourth-order valence-electron chi connectivity index (χ4n) is 3.07. The van der Waals surface area contributed by atoms with E-state index in [9.17, 15) is 9.59 Å². The predicted octanol–water partition coefficient (Wildman–Crippen LogP) is 2.78. The van der Waals surface area contributed by atoms with E-state index in [1.807, 2.05) is 6.07 Å². The van der Waals surface area contributed by atoms with E-state index in [2.05, 4.69) is 4.98 Å². The number of fused-ring (bicyclic) bond motifs is 1. The second-order valence-corrected chi connectivity index (χ2v) is 6.19. The highest BCUT2D eigenvalue weighted by molar-refractivity contribution is 6.08. The highest BCUT2D eigenvalue weighted by atomic mass is 16.5. The predicted molar refractivity (Wildman–Crippen MR) is 91.2 cm³/mol. The Morgan fingerprint density at radius 1 is 1.28 bits per heavy atom. The molecule has 2 aromatic rings. The third-order valence-corrected chi connectivity index (χ3v) is 4.52. The van der Waals surface area contributed by atoms with Gasteiger partial charge >= 0.3 is 5.97 Å². The summed E-state index contributed by atoms with van der Waals surface area (Å²) in [6.45, 7) is 0.755. The van der Waals surface area contributed by atoms with Gasteiger partial charge in [-0.25, -0.2) is 4.79 Å². The maximum Gasteiger partial charge on any atom is 0.341 e. The summed E-state index contributed by atoms with van der Waals surface area (Å²) < 4.78 is 10.5. The number of esters is 1. The number of benzene rings is 1. The van der Waals surface area contributed by atoms with Gasteiger partial charge in [0.1, 0.15) is 12.2 Å². The van der Waals surface area contributed by atoms with Crippen molar-refractivity contribution in [1.29, 1.82) is 0 Å². The third kappa shape index (κ3) is 2.84. The SMILES string of the molecule is COC(=O)c1cccc2c1OCCN2C(=O)c1ccnc(C2CC2)c1. The van der Waals surface area contributed by atoms with E-state index in [4.69, 9.17) is 9.47 Å². The van der Waals surface area contributed by atoms with Crippen LogP contribution in [-0.4, -0.2) is 37.1 Å². The first-order chi connectivity index (χ1) is 12.2. The van der Waals surface area contributed by atoms with E-state index in [-0.39, 0.29) is 5.91 Å². The number of anilines is 1. The van der Waals surface area contributed by atoms with Crippen LogP contribution in [0, 0.1) is 0 Å². The second kappa shape index (κ2) is 6.20. The van der Waals surface area contributed by atoms with Crippen molar-refractivity contribution in [3.8, 4) is 5.75 Å². The molecule has 0 unspecified atom stereocenters. The molecule has 2 heterocycles. The third-order valence-electron chi connectivity index (χ3n) is 4.52. The van der Waals surface area contributed by atoms with Gasteiger partial charge in [-0.1, -0.05) is 6.07 Å². The molecule has 1 aliphatic heterocycles. The van der Waals surface area contributed by atoms with Crippen LogP contribution in [0.15, 0.2) is 36.5 Å². The summed E-state index contributed by atoms with van der Waals surface area (Å²) in [5.41, 5.74) is 2.49. The molecule has 0 bridgehead atoms. The highest BCUT2D eigenvalue weighted by Crippen LogP contribution is 2.40. The van der Waals surface area contributed by atoms with Crippen molar-refractivity contribution in [1.82, 2.24) is 4.98 Å². The van der Waals surface area contributed by atoms with E-state index in [1.165, 1.54) is 7.11 Å². The molecule has 0 saturated heterocycles. The van der Waals surface area contributed by atoms with Gasteiger partial charge in [0, 0.05) is 23.4 Å². The van der Waals surface area contributed by atoms with Crippen LogP contribution in [-0.2, 0) is 4.74 Å². The topological polar surface area (TPSA) is 68.7 Å². The summed E-state index contributed by atoms with van der Waals surface area (Å²) >= 11 is 0. The van der Waals surface area contributed by atoms with Crippen LogP contribution in [0.3, 0.4) is 0 Å². The van der Waals surface area contributed by atoms with E-state index in [0.29, 0.717) is 41.6 Å². The molecule has 2 aliphatic rings. The highest BCUT2D eigenvalue weighted by Gasteiger charge is 2.30. The molecule has 1 aliphatic carbocycles. The number of hydrogen-bond acceptors (Lipinski definition) is 5. The molecule has 1 saturated carbocycles. The molecule has 128 valence electrons. The normalized spacial score (nSPS) is 16.0. The Hall–Kier alpha value is -2.89. The smallest absolute Gasteiger partial charge is 0.341 e. The van der Waals surface area contributed by atoms with Crippen molar-refractivity contribution in [3.05, 3.63) is 53.3 Å². The van der Waals surface area contributed by atoms with Crippen LogP contribution >= 0.6 is 0 Å². The van der Waals surface area contributed by atoms with Crippen molar-refractivity contribution in [2.24, 2.45) is 0 Å². The van der Waals surface area contributed by atoms with Gasteiger partial charge in [-0.15, -0.1) is 0 Å². The average molecular weight is 338 g/mol. The standard InChI is InChI=1S/C19H18N2O4/c1-24-19(23)14-3-2-4-16-17(14)25-10-9-21(16)18(22)13-7-8-20-15(11-13)12-5-6-12/h2-4,7-8,11-12H,5-6,9-10H2,1H3. The minimum Gasteiger partial charge on any atom is -0.489 e. The Balaban J connectivity index is 1.70. The minimum atomic E-state index is -0.480. The van der Waals surface area contributed by atoms with Gasteiger partial charge in [-0.3, -0.25) is 9.78 Å². The van der Waals surface area contributed by atoms with Crippen LogP contribution in [0.2, 0.25) is 0 Å². The molecule has 6 nitrogen and oxygen atoms in total. The van der Waals surface area contributed by atoms with Crippen molar-refractivity contribution in [2.75, 3.05) is 25.2 Å². The molecular formula is C19H18N2O4. The van der Waals surface area contributed by atoms with Crippen LogP contribution in [0.5, 0.6) is 5.75 Å². The molecular weight excluding hydrogens is 320 g/mol. The van der Waals surface area contributed by atoms with Gasteiger partial charge in [-0.2, -0.15) is 0 Å². The van der Waals surface area contributed by atoms with Gasteiger partial charge in [0.2, 0.25) is 0 Å². The fourth-order valence-corrected chi connectivity index (χ4v) is 3.07. The Bertz CT molecular complexity index is 845. The molecule has 0 atom stereocenters. The van der Waals surface area contributed by atoms with Crippen LogP contribution in [0.1, 0.15) is 45.2 Å². The summed E-state index contributed by atoms with van der Waals surface area (Å²) in [6, 6.07) is 8.74. The van der Waals surface area contributed by atoms with Gasteiger partial charge in [0.15, 0.2) is 5.75 Å². The molecule has 6 heteroatoms. The molecule has 25 heavy (non-hydrogen) atoms. The number of methoxy groups -OCH3 is 1. The lowest BCUT2D eigenvalue weighted by molar-refractivity contribution is 0.0595. The molecule has 1 aromatic heterocycles. The lowest BCUT2D eigenvalue weighted by Gasteiger charge is -2.30. The van der Waals surface area contributed by atoms with E-state index in [0.717, 1.165) is 18.5 Å². The van der Waals surface area contributed by atoms with Gasteiger partial charge < -0.3 is 14.4 Å². The van der Waals surface area contributed by atoms with E-state index < -0.39 is 5.97 Å². The Morgan fingerprint density at radius 3 is 2.88 bits per heavy atom. The Kier molecular flexibility index (Phi) is 3.87. The van der Waals surface area contributed by atoms with Crippen molar-refractivity contribution >= 4 is 17.6 Å². The Labute approximate surface area is 145 Å². The number of rotatable bonds is 3. The fraction of sp³-hybridized carbons (Fsp3) is 0.316. The van der Waals surface area contributed by atoms with Gasteiger partial charge in [0.05, 0.1) is 19.3 Å². The number of carbonyl (C=O) groups is 2. The first-order valence-electron chi connectivity index (χ1n) is 8.31. The van der Waals surface area contributed by atoms with E-state index in [1.54, 1.807) is 35.4 Å². The average Bonchev–Trinajstić information content (AvgIpc) is 3.51. The lowest BCUT2D eigenvalue weighted by Crippen LogP contribution is -2.38. The zero-order chi connectivity index (χ0) is 17.4. The van der Waals surface area contributed by atoms with Gasteiger partial charge in [-0.05, 0) is 37.1 Å². The summed E-state index contributed by atoms with van der Waals surface area (Å²) in [7, 11) is 1.32. The van der Waals surface area contributed by atoms with Crippen molar-refractivity contribution in [2.45, 2.75) is 18.8 Å². The largest absolute Gasteiger partial charge is 0.489 e. The summed E-state index contributed by atoms with van der Waals surface area (Å²) in [5, 5.41) is 0. The summed E-state index contributed by atoms with van der Waals surface area (Å²) in [4.78, 5) is 31.0. The maximum absolute atomic E-state index is 13.0. The zero-order valence-corrected chi connectivity index (χ0v) is 13.9. The van der Waals surface area contributed by atoms with Gasteiger partial charge in [0.25, 0.3) is 5.91 Å². The molecule has 1 fully saturated rings. The molecule has 1 aromatic carbocycles. The van der Waals surface area contributed by atoms with Crippen molar-refractivity contribution in [3.63, 3.8) is 0 Å². The van der Waals surface area contributed by atoms with Crippen LogP contribution in [0.25, 0.3) is 0 Å². The maximum atomic E-state index is 13.0. The quantitative estimate of drug-likeness (QED) is 0.805. The number of aromatic nitrogens is 1. The lowest BCUT2D eigenvalue weighted by atomic mass is 10.1. The molecule has 4 rings (SSSR count). The summed E-state index contributed by atoms with van der Waals surface area (Å²) in [6.07, 6.45) is 3.95. The van der Waals surface area contributed by atoms with E-state index >= 15 is 0 Å². The van der Waals surface area contributed by atoms with Crippen LogP contribution < -0.4 is 9.64 Å². The number of carbonyl (C=O) groups excluding carboxylic acids is 2. The second-order valence-electron chi connectivity index (χ2n) is 6.19. The number of ether oxygens (including phenoxy) is 2. The molecule has 0 N–H and O–H groups in total. The first kappa shape index (κ1) is 15.6. The summed E-state index contributed by atoms with van der Waals surface area (Å²) in [5.74, 6) is 0.281. The molecule has 1 amide bonds. The van der Waals surface area contributed by atoms with Crippen molar-refractivity contribution < 1.29 is 19.1 Å². The number of hydrogen-bond donors (Lipinski definition) is 0. The number of nitrogens with zero attached hydrogens (tertiary/aromatic N) is 2. The molecule has 0 spiro atoms. The minimum absolute atomic E-state index is 0.115. The Morgan fingerprint density at radius 2 is 2.12 bits per heavy atom.